The standard InChI is InChI=1S/C20H26N4O2/c1-14(25)19-13-24(22-21-19)18-11-23(12-18)20(26)17-9-7-16(8-10-17)15-5-3-2-4-6-15/h2-6,13-14,16-18,25H,7-12H2,1H3/t14-,16?,17?/m0/s1. The van der Waals surface area contributed by atoms with E-state index in [-0.39, 0.29) is 12.0 Å². The van der Waals surface area contributed by atoms with Crippen molar-refractivity contribution in [2.24, 2.45) is 5.92 Å². The summed E-state index contributed by atoms with van der Waals surface area (Å²) < 4.78 is 1.78. The highest BCUT2D eigenvalue weighted by molar-refractivity contribution is 5.79. The van der Waals surface area contributed by atoms with Crippen LogP contribution < -0.4 is 0 Å². The summed E-state index contributed by atoms with van der Waals surface area (Å²) in [7, 11) is 0. The van der Waals surface area contributed by atoms with E-state index in [0.717, 1.165) is 25.7 Å². The Bertz CT molecular complexity index is 744. The van der Waals surface area contributed by atoms with Gasteiger partial charge in [-0.2, -0.15) is 0 Å². The molecule has 2 fully saturated rings. The Labute approximate surface area is 153 Å². The number of carbonyl (C=O) groups excluding carboxylic acids is 1. The Hall–Kier alpha value is -2.21. The highest BCUT2D eigenvalue weighted by atomic mass is 16.3. The lowest BCUT2D eigenvalue weighted by molar-refractivity contribution is -0.142. The molecule has 26 heavy (non-hydrogen) atoms. The summed E-state index contributed by atoms with van der Waals surface area (Å²) >= 11 is 0. The van der Waals surface area contributed by atoms with E-state index in [2.05, 4.69) is 40.6 Å². The van der Waals surface area contributed by atoms with E-state index in [4.69, 9.17) is 0 Å². The Morgan fingerprint density at radius 2 is 1.85 bits per heavy atom. The highest BCUT2D eigenvalue weighted by Gasteiger charge is 2.37. The molecule has 1 saturated carbocycles. The zero-order valence-corrected chi connectivity index (χ0v) is 15.2. The quantitative estimate of drug-likeness (QED) is 0.916. The molecule has 1 amide bonds. The summed E-state index contributed by atoms with van der Waals surface area (Å²) in [5.74, 6) is 1.06. The molecular formula is C20H26N4O2. The molecule has 0 spiro atoms. The number of aliphatic hydroxyl groups excluding tert-OH is 1. The third kappa shape index (κ3) is 3.38. The molecule has 1 saturated heterocycles. The molecule has 6 heteroatoms. The predicted octanol–water partition coefficient (Wildman–Crippen LogP) is 2.69. The second-order valence-electron chi connectivity index (χ2n) is 7.66. The average molecular weight is 354 g/mol. The maximum atomic E-state index is 12.8. The molecule has 6 nitrogen and oxygen atoms in total. The zero-order chi connectivity index (χ0) is 18.1. The van der Waals surface area contributed by atoms with Crippen LogP contribution in [0.4, 0.5) is 0 Å². The third-order valence-electron chi connectivity index (χ3n) is 5.85. The first-order valence-electron chi connectivity index (χ1n) is 9.55. The van der Waals surface area contributed by atoms with Crippen molar-refractivity contribution < 1.29 is 9.90 Å². The van der Waals surface area contributed by atoms with Gasteiger partial charge in [-0.05, 0) is 44.1 Å². The van der Waals surface area contributed by atoms with Crippen LogP contribution in [0, 0.1) is 5.92 Å². The minimum absolute atomic E-state index is 0.166. The van der Waals surface area contributed by atoms with Crippen molar-refractivity contribution in [2.45, 2.75) is 50.7 Å². The summed E-state index contributed by atoms with van der Waals surface area (Å²) in [4.78, 5) is 14.7. The van der Waals surface area contributed by atoms with Gasteiger partial charge in [-0.15, -0.1) is 5.10 Å². The normalized spacial score (nSPS) is 24.9. The smallest absolute Gasteiger partial charge is 0.225 e. The summed E-state index contributed by atoms with van der Waals surface area (Å²) in [5, 5.41) is 17.6. The Morgan fingerprint density at radius 3 is 2.46 bits per heavy atom. The van der Waals surface area contributed by atoms with Gasteiger partial charge in [0.15, 0.2) is 0 Å². The number of likely N-dealkylation sites (tertiary alicyclic amines) is 1. The molecule has 2 aliphatic rings. The van der Waals surface area contributed by atoms with Crippen LogP contribution in [0.3, 0.4) is 0 Å². The first kappa shape index (κ1) is 17.2. The van der Waals surface area contributed by atoms with E-state index in [1.54, 1.807) is 17.8 Å². The van der Waals surface area contributed by atoms with E-state index >= 15 is 0 Å². The Morgan fingerprint density at radius 1 is 1.15 bits per heavy atom. The van der Waals surface area contributed by atoms with Gasteiger partial charge in [0, 0.05) is 19.0 Å². The van der Waals surface area contributed by atoms with Gasteiger partial charge in [0.05, 0.1) is 18.3 Å². The molecule has 0 unspecified atom stereocenters. The topological polar surface area (TPSA) is 71.2 Å². The van der Waals surface area contributed by atoms with E-state index in [9.17, 15) is 9.90 Å². The van der Waals surface area contributed by atoms with Crippen molar-refractivity contribution in [1.82, 2.24) is 19.9 Å². The van der Waals surface area contributed by atoms with Gasteiger partial charge < -0.3 is 10.0 Å². The van der Waals surface area contributed by atoms with Crippen molar-refractivity contribution in [3.63, 3.8) is 0 Å². The summed E-state index contributed by atoms with van der Waals surface area (Å²) in [6.45, 7) is 3.07. The fourth-order valence-electron chi connectivity index (χ4n) is 4.12. The number of hydrogen-bond donors (Lipinski definition) is 1. The van der Waals surface area contributed by atoms with Crippen LogP contribution >= 0.6 is 0 Å². The van der Waals surface area contributed by atoms with Gasteiger partial charge in [0.1, 0.15) is 5.69 Å². The summed E-state index contributed by atoms with van der Waals surface area (Å²) in [6, 6.07) is 10.8. The van der Waals surface area contributed by atoms with Crippen molar-refractivity contribution in [1.29, 1.82) is 0 Å². The van der Waals surface area contributed by atoms with Crippen LogP contribution in [0.5, 0.6) is 0 Å². The monoisotopic (exact) mass is 354 g/mol. The maximum absolute atomic E-state index is 12.8. The second kappa shape index (κ2) is 7.19. The minimum atomic E-state index is -0.610. The Kier molecular flexibility index (Phi) is 4.76. The van der Waals surface area contributed by atoms with E-state index in [0.29, 0.717) is 30.6 Å². The average Bonchev–Trinajstić information content (AvgIpc) is 3.11. The number of nitrogens with zero attached hydrogens (tertiary/aromatic N) is 4. The van der Waals surface area contributed by atoms with Crippen LogP contribution in [0.15, 0.2) is 36.5 Å². The first-order valence-corrected chi connectivity index (χ1v) is 9.55. The molecule has 1 aliphatic carbocycles. The van der Waals surface area contributed by atoms with Gasteiger partial charge in [0.25, 0.3) is 0 Å². The lowest BCUT2D eigenvalue weighted by Crippen LogP contribution is -2.53. The minimum Gasteiger partial charge on any atom is -0.387 e. The van der Waals surface area contributed by atoms with Crippen LogP contribution in [-0.2, 0) is 4.79 Å². The van der Waals surface area contributed by atoms with Crippen LogP contribution in [0.25, 0.3) is 0 Å². The highest BCUT2D eigenvalue weighted by Crippen LogP contribution is 2.37. The number of benzene rings is 1. The van der Waals surface area contributed by atoms with Crippen LogP contribution in [0.2, 0.25) is 0 Å². The predicted molar refractivity (Wildman–Crippen MR) is 97.4 cm³/mol. The molecule has 1 atom stereocenters. The van der Waals surface area contributed by atoms with Crippen LogP contribution in [-0.4, -0.2) is 44.0 Å². The summed E-state index contributed by atoms with van der Waals surface area (Å²) in [6.07, 6.45) is 5.32. The molecule has 0 radical (unpaired) electrons. The largest absolute Gasteiger partial charge is 0.387 e. The van der Waals surface area contributed by atoms with Crippen molar-refractivity contribution in [3.8, 4) is 0 Å². The van der Waals surface area contributed by atoms with E-state index in [1.807, 2.05) is 4.90 Å². The number of aliphatic hydroxyl groups is 1. The summed E-state index contributed by atoms with van der Waals surface area (Å²) in [5.41, 5.74) is 1.98. The number of hydrogen-bond acceptors (Lipinski definition) is 4. The number of amides is 1. The van der Waals surface area contributed by atoms with Crippen LogP contribution in [0.1, 0.15) is 61.9 Å². The number of aromatic nitrogens is 3. The zero-order valence-electron chi connectivity index (χ0n) is 15.2. The molecule has 1 aliphatic heterocycles. The van der Waals surface area contributed by atoms with Crippen molar-refractivity contribution in [3.05, 3.63) is 47.8 Å². The first-order chi connectivity index (χ1) is 12.6. The third-order valence-corrected chi connectivity index (χ3v) is 5.85. The van der Waals surface area contributed by atoms with Crippen molar-refractivity contribution >= 4 is 5.91 Å². The van der Waals surface area contributed by atoms with E-state index in [1.165, 1.54) is 5.56 Å². The second-order valence-corrected chi connectivity index (χ2v) is 7.66. The lowest BCUT2D eigenvalue weighted by Gasteiger charge is -2.41. The maximum Gasteiger partial charge on any atom is 0.225 e. The van der Waals surface area contributed by atoms with Gasteiger partial charge in [-0.1, -0.05) is 35.5 Å². The molecule has 0 bridgehead atoms. The molecular weight excluding hydrogens is 328 g/mol. The molecule has 2 aromatic rings. The molecule has 1 aromatic carbocycles. The van der Waals surface area contributed by atoms with Crippen molar-refractivity contribution in [2.75, 3.05) is 13.1 Å². The lowest BCUT2D eigenvalue weighted by atomic mass is 9.78. The van der Waals surface area contributed by atoms with Gasteiger partial charge in [-0.3, -0.25) is 4.79 Å². The molecule has 138 valence electrons. The van der Waals surface area contributed by atoms with Gasteiger partial charge >= 0.3 is 0 Å². The van der Waals surface area contributed by atoms with Gasteiger partial charge in [-0.25, -0.2) is 4.68 Å². The molecule has 4 rings (SSSR count). The SMILES string of the molecule is C[C@H](O)c1cn(C2CN(C(=O)C3CCC(c4ccccc4)CC3)C2)nn1. The van der Waals surface area contributed by atoms with E-state index < -0.39 is 6.10 Å². The Balaban J connectivity index is 1.27. The molecule has 2 heterocycles. The number of carbonyl (C=O) groups is 1. The fraction of sp³-hybridized carbons (Fsp3) is 0.550. The molecule has 1 aromatic heterocycles. The molecule has 1 N–H and O–H groups in total. The van der Waals surface area contributed by atoms with Gasteiger partial charge in [0.2, 0.25) is 5.91 Å². The fourth-order valence-corrected chi connectivity index (χ4v) is 4.12. The number of rotatable bonds is 4.